The fourth-order valence-corrected chi connectivity index (χ4v) is 4.33. The number of likely N-dealkylation sites (tertiary alicyclic amines) is 2. The van der Waals surface area contributed by atoms with Crippen molar-refractivity contribution >= 4 is 5.91 Å². The highest BCUT2D eigenvalue weighted by atomic mass is 16.2. The molecule has 0 aromatic carbocycles. The van der Waals surface area contributed by atoms with Crippen LogP contribution in [0.1, 0.15) is 30.5 Å². The van der Waals surface area contributed by atoms with E-state index >= 15 is 0 Å². The van der Waals surface area contributed by atoms with Gasteiger partial charge in [0.15, 0.2) is 0 Å². The number of nitrogens with one attached hydrogen (secondary N) is 1. The summed E-state index contributed by atoms with van der Waals surface area (Å²) in [6, 6.07) is 0.398. The zero-order valence-electron chi connectivity index (χ0n) is 14.8. The number of hydrogen-bond acceptors (Lipinski definition) is 4. The zero-order valence-corrected chi connectivity index (χ0v) is 14.8. The van der Waals surface area contributed by atoms with Crippen molar-refractivity contribution in [3.63, 3.8) is 0 Å². The van der Waals surface area contributed by atoms with Gasteiger partial charge in [0.1, 0.15) is 0 Å². The second-order valence-corrected chi connectivity index (χ2v) is 7.33. The molecule has 0 unspecified atom stereocenters. The number of nitrogens with zero attached hydrogens (tertiary/aromatic N) is 5. The maximum Gasteiger partial charge on any atom is 0.222 e. The largest absolute Gasteiger partial charge is 0.348 e. The second-order valence-electron chi connectivity index (χ2n) is 7.33. The normalized spacial score (nSPS) is 24.5. The van der Waals surface area contributed by atoms with E-state index in [-0.39, 0.29) is 0 Å². The van der Waals surface area contributed by atoms with Crippen LogP contribution in [0, 0.1) is 5.92 Å². The molecule has 0 saturated carbocycles. The average Bonchev–Trinajstić information content (AvgIpc) is 3.26. The maximum absolute atomic E-state index is 12.5. The number of rotatable bonds is 5. The smallest absolute Gasteiger partial charge is 0.222 e. The Morgan fingerprint density at radius 1 is 1.32 bits per heavy atom. The van der Waals surface area contributed by atoms with Gasteiger partial charge in [-0.1, -0.05) is 0 Å². The molecule has 0 spiro atoms. The Bertz CT molecular complexity index is 709. The van der Waals surface area contributed by atoms with Crippen molar-refractivity contribution < 1.29 is 4.79 Å². The molecular formula is C18H26N6O. The summed E-state index contributed by atoms with van der Waals surface area (Å²) in [5.41, 5.74) is 2.37. The van der Waals surface area contributed by atoms with Crippen molar-refractivity contribution in [3.05, 3.63) is 36.2 Å². The number of aryl methyl sites for hydroxylation is 1. The van der Waals surface area contributed by atoms with Crippen LogP contribution in [-0.2, 0) is 24.8 Å². The Morgan fingerprint density at radius 2 is 2.24 bits per heavy atom. The van der Waals surface area contributed by atoms with E-state index in [1.54, 1.807) is 6.33 Å². The lowest BCUT2D eigenvalue weighted by Crippen LogP contribution is -2.56. The first kappa shape index (κ1) is 16.3. The maximum atomic E-state index is 12.5. The molecule has 0 radical (unpaired) electrons. The van der Waals surface area contributed by atoms with Gasteiger partial charge in [0.25, 0.3) is 0 Å². The number of carbonyl (C=O) groups excluding carboxylic acids is 1. The van der Waals surface area contributed by atoms with Crippen LogP contribution in [-0.4, -0.2) is 61.1 Å². The van der Waals surface area contributed by atoms with Crippen LogP contribution in [0.15, 0.2) is 24.9 Å². The first-order chi connectivity index (χ1) is 12.2. The molecule has 1 N–H and O–H groups in total. The van der Waals surface area contributed by atoms with E-state index in [9.17, 15) is 4.79 Å². The molecule has 7 heteroatoms. The van der Waals surface area contributed by atoms with Crippen LogP contribution in [0.5, 0.6) is 0 Å². The van der Waals surface area contributed by atoms with Crippen LogP contribution in [0.4, 0.5) is 0 Å². The lowest BCUT2D eigenvalue weighted by atomic mass is 9.83. The first-order valence-electron chi connectivity index (χ1n) is 9.15. The van der Waals surface area contributed by atoms with E-state index in [1.807, 2.05) is 24.1 Å². The van der Waals surface area contributed by atoms with Gasteiger partial charge < -0.3 is 9.88 Å². The molecule has 2 saturated heterocycles. The molecule has 2 atom stereocenters. The van der Waals surface area contributed by atoms with Crippen LogP contribution in [0.2, 0.25) is 0 Å². The van der Waals surface area contributed by atoms with Gasteiger partial charge in [-0.3, -0.25) is 14.4 Å². The van der Waals surface area contributed by atoms with Gasteiger partial charge >= 0.3 is 0 Å². The predicted octanol–water partition coefficient (Wildman–Crippen LogP) is 1.20. The topological polar surface area (TPSA) is 70.1 Å². The summed E-state index contributed by atoms with van der Waals surface area (Å²) in [4.78, 5) is 24.3. The van der Waals surface area contributed by atoms with Gasteiger partial charge in [0.2, 0.25) is 5.91 Å². The Balaban J connectivity index is 1.37. The number of fused-ring (bicyclic) bond motifs is 1. The Hall–Kier alpha value is -2.15. The van der Waals surface area contributed by atoms with Crippen LogP contribution in [0.3, 0.4) is 0 Å². The van der Waals surface area contributed by atoms with Crippen molar-refractivity contribution in [2.45, 2.75) is 38.3 Å². The standard InChI is InChI=1S/C18H26N6O/c1-22-10-14(8-21-22)11-23-6-5-17-15(12-23)2-3-18(25)24(17)7-4-16-9-19-13-20-16/h8-10,13,15,17H,2-7,11-12H2,1H3,(H,19,20)/t15-,17+/m0/s1. The lowest BCUT2D eigenvalue weighted by Gasteiger charge is -2.47. The highest BCUT2D eigenvalue weighted by molar-refractivity contribution is 5.77. The quantitative estimate of drug-likeness (QED) is 0.886. The molecular weight excluding hydrogens is 316 g/mol. The molecule has 4 rings (SSSR count). The fraction of sp³-hybridized carbons (Fsp3) is 0.611. The van der Waals surface area contributed by atoms with Crippen molar-refractivity contribution in [2.24, 2.45) is 13.0 Å². The molecule has 2 aliphatic heterocycles. The molecule has 7 nitrogen and oxygen atoms in total. The molecule has 2 fully saturated rings. The van der Waals surface area contributed by atoms with E-state index in [1.165, 1.54) is 5.56 Å². The van der Waals surface area contributed by atoms with E-state index in [2.05, 4.69) is 31.1 Å². The number of aromatic amines is 1. The molecule has 2 aromatic heterocycles. The van der Waals surface area contributed by atoms with Gasteiger partial charge in [-0.05, 0) is 18.8 Å². The first-order valence-corrected chi connectivity index (χ1v) is 9.15. The molecule has 2 aromatic rings. The number of amides is 1. The van der Waals surface area contributed by atoms with Gasteiger partial charge in [-0.15, -0.1) is 0 Å². The number of piperidine rings is 2. The minimum Gasteiger partial charge on any atom is -0.348 e. The second kappa shape index (κ2) is 7.00. The van der Waals surface area contributed by atoms with Gasteiger partial charge in [-0.25, -0.2) is 4.98 Å². The average molecular weight is 342 g/mol. The minimum absolute atomic E-state index is 0.321. The van der Waals surface area contributed by atoms with Gasteiger partial charge in [-0.2, -0.15) is 5.10 Å². The molecule has 134 valence electrons. The summed E-state index contributed by atoms with van der Waals surface area (Å²) in [6.07, 6.45) is 11.2. The van der Waals surface area contributed by atoms with Crippen LogP contribution >= 0.6 is 0 Å². The highest BCUT2D eigenvalue weighted by Crippen LogP contribution is 2.32. The summed E-state index contributed by atoms with van der Waals surface area (Å²) in [6.45, 7) is 3.88. The molecule has 0 aliphatic carbocycles. The fourth-order valence-electron chi connectivity index (χ4n) is 4.33. The number of imidazole rings is 1. The molecule has 2 aliphatic rings. The summed E-state index contributed by atoms with van der Waals surface area (Å²) in [7, 11) is 1.96. The lowest BCUT2D eigenvalue weighted by molar-refractivity contribution is -0.141. The Labute approximate surface area is 148 Å². The minimum atomic E-state index is 0.321. The molecule has 25 heavy (non-hydrogen) atoms. The summed E-state index contributed by atoms with van der Waals surface area (Å²) >= 11 is 0. The highest BCUT2D eigenvalue weighted by Gasteiger charge is 2.38. The van der Waals surface area contributed by atoms with E-state index in [4.69, 9.17) is 0 Å². The molecule has 0 bridgehead atoms. The number of H-pyrrole nitrogens is 1. The summed E-state index contributed by atoms with van der Waals surface area (Å²) in [5.74, 6) is 0.909. The van der Waals surface area contributed by atoms with Crippen LogP contribution < -0.4 is 0 Å². The van der Waals surface area contributed by atoms with Crippen molar-refractivity contribution in [3.8, 4) is 0 Å². The van der Waals surface area contributed by atoms with Gasteiger partial charge in [0.05, 0.1) is 12.5 Å². The van der Waals surface area contributed by atoms with Crippen molar-refractivity contribution in [2.75, 3.05) is 19.6 Å². The van der Waals surface area contributed by atoms with E-state index in [0.717, 1.165) is 51.1 Å². The van der Waals surface area contributed by atoms with E-state index in [0.29, 0.717) is 24.3 Å². The zero-order chi connectivity index (χ0) is 17.2. The monoisotopic (exact) mass is 342 g/mol. The number of aromatic nitrogens is 4. The predicted molar refractivity (Wildman–Crippen MR) is 93.6 cm³/mol. The van der Waals surface area contributed by atoms with Gasteiger partial charge in [0, 0.05) is 75.8 Å². The van der Waals surface area contributed by atoms with Crippen molar-refractivity contribution in [1.29, 1.82) is 0 Å². The third-order valence-electron chi connectivity index (χ3n) is 5.57. The third kappa shape index (κ3) is 3.61. The Morgan fingerprint density at radius 3 is 3.00 bits per heavy atom. The van der Waals surface area contributed by atoms with Crippen LogP contribution in [0.25, 0.3) is 0 Å². The summed E-state index contributed by atoms with van der Waals surface area (Å²) in [5, 5.41) is 4.26. The SMILES string of the molecule is Cn1cc(CN2CC[C@@H]3[C@@H](CCC(=O)N3CCc3cnc[nH]3)C2)cn1. The third-order valence-corrected chi connectivity index (χ3v) is 5.57. The molecule has 4 heterocycles. The molecule has 1 amide bonds. The summed E-state index contributed by atoms with van der Waals surface area (Å²) < 4.78 is 1.86. The number of hydrogen-bond donors (Lipinski definition) is 1. The van der Waals surface area contributed by atoms with Crippen molar-refractivity contribution in [1.82, 2.24) is 29.5 Å². The Kier molecular flexibility index (Phi) is 4.57. The number of carbonyl (C=O) groups is 1. The van der Waals surface area contributed by atoms with E-state index < -0.39 is 0 Å².